The molecule has 0 amide bonds. The predicted octanol–water partition coefficient (Wildman–Crippen LogP) is 1.25. The summed E-state index contributed by atoms with van der Waals surface area (Å²) in [6, 6.07) is 4.33. The standard InChI is InChI=1S/C20H26O9/c1-11-18(20(25)27-3)13(14(10-29-11)19(24)26-2)9-17(23)28-7-6-12-4-5-15(21)16(22)8-12/h4-5,8,10-11,13,18,20-22,25H,6-7,9H2,1-3H3. The van der Waals surface area contributed by atoms with Gasteiger partial charge in [-0.3, -0.25) is 4.79 Å². The summed E-state index contributed by atoms with van der Waals surface area (Å²) in [7, 11) is 2.53. The predicted molar refractivity (Wildman–Crippen MR) is 99.7 cm³/mol. The number of phenols is 2. The molecule has 29 heavy (non-hydrogen) atoms. The van der Waals surface area contributed by atoms with Crippen LogP contribution < -0.4 is 0 Å². The number of carbonyl (C=O) groups is 2. The number of aromatic hydroxyl groups is 2. The van der Waals surface area contributed by atoms with Crippen LogP contribution in [0.2, 0.25) is 0 Å². The Hall–Kier alpha value is -2.78. The second-order valence-corrected chi connectivity index (χ2v) is 6.71. The first-order chi connectivity index (χ1) is 13.8. The van der Waals surface area contributed by atoms with Gasteiger partial charge >= 0.3 is 11.9 Å². The largest absolute Gasteiger partial charge is 0.504 e. The van der Waals surface area contributed by atoms with E-state index in [1.165, 1.54) is 32.6 Å². The first kappa shape index (κ1) is 22.5. The van der Waals surface area contributed by atoms with Gasteiger partial charge in [-0.2, -0.15) is 0 Å². The fraction of sp³-hybridized carbons (Fsp3) is 0.500. The maximum Gasteiger partial charge on any atom is 0.337 e. The molecule has 1 aromatic rings. The third kappa shape index (κ3) is 5.61. The van der Waals surface area contributed by atoms with Crippen LogP contribution in [0.3, 0.4) is 0 Å². The Morgan fingerprint density at radius 3 is 2.55 bits per heavy atom. The van der Waals surface area contributed by atoms with Gasteiger partial charge in [0.2, 0.25) is 0 Å². The van der Waals surface area contributed by atoms with Crippen LogP contribution in [-0.4, -0.2) is 60.5 Å². The van der Waals surface area contributed by atoms with Crippen LogP contribution >= 0.6 is 0 Å². The molecular weight excluding hydrogens is 384 g/mol. The van der Waals surface area contributed by atoms with Crippen LogP contribution in [0, 0.1) is 11.8 Å². The highest BCUT2D eigenvalue weighted by molar-refractivity contribution is 5.89. The van der Waals surface area contributed by atoms with E-state index < -0.39 is 36.2 Å². The Kier molecular flexibility index (Phi) is 7.86. The highest BCUT2D eigenvalue weighted by Crippen LogP contribution is 2.36. The lowest BCUT2D eigenvalue weighted by Crippen LogP contribution is -2.43. The summed E-state index contributed by atoms with van der Waals surface area (Å²) in [6.45, 7) is 1.74. The van der Waals surface area contributed by atoms with Crippen LogP contribution in [0.15, 0.2) is 30.0 Å². The number of phenolic OH excluding ortho intramolecular Hbond substituents is 2. The fourth-order valence-corrected chi connectivity index (χ4v) is 3.29. The summed E-state index contributed by atoms with van der Waals surface area (Å²) >= 11 is 0. The van der Waals surface area contributed by atoms with Gasteiger partial charge in [0.25, 0.3) is 0 Å². The van der Waals surface area contributed by atoms with E-state index >= 15 is 0 Å². The number of aliphatic hydroxyl groups is 1. The van der Waals surface area contributed by atoms with E-state index in [1.54, 1.807) is 13.0 Å². The van der Waals surface area contributed by atoms with Crippen molar-refractivity contribution >= 4 is 11.9 Å². The third-order valence-corrected chi connectivity index (χ3v) is 4.89. The fourth-order valence-electron chi connectivity index (χ4n) is 3.29. The molecule has 0 saturated heterocycles. The molecule has 9 heteroatoms. The lowest BCUT2D eigenvalue weighted by molar-refractivity contribution is -0.167. The Bertz CT molecular complexity index is 758. The van der Waals surface area contributed by atoms with Crippen molar-refractivity contribution in [1.29, 1.82) is 0 Å². The third-order valence-electron chi connectivity index (χ3n) is 4.89. The smallest absolute Gasteiger partial charge is 0.337 e. The molecule has 9 nitrogen and oxygen atoms in total. The molecule has 1 aromatic carbocycles. The van der Waals surface area contributed by atoms with E-state index in [1.807, 2.05) is 0 Å². The van der Waals surface area contributed by atoms with Crippen molar-refractivity contribution in [1.82, 2.24) is 0 Å². The van der Waals surface area contributed by atoms with Crippen molar-refractivity contribution in [2.24, 2.45) is 11.8 Å². The SMILES string of the molecule is COC(=O)C1=COC(C)C(C(O)OC)C1CC(=O)OCCc1ccc(O)c(O)c1. The van der Waals surface area contributed by atoms with Crippen LogP contribution in [0.5, 0.6) is 11.5 Å². The number of hydrogen-bond donors (Lipinski definition) is 3. The summed E-state index contributed by atoms with van der Waals surface area (Å²) in [5.74, 6) is -3.12. The molecule has 160 valence electrons. The van der Waals surface area contributed by atoms with Crippen molar-refractivity contribution in [3.8, 4) is 11.5 Å². The monoisotopic (exact) mass is 410 g/mol. The molecule has 0 aromatic heterocycles. The zero-order valence-electron chi connectivity index (χ0n) is 16.5. The molecule has 0 aliphatic carbocycles. The number of esters is 2. The molecular formula is C20H26O9. The molecule has 0 fully saturated rings. The Balaban J connectivity index is 2.04. The number of aliphatic hydroxyl groups excluding tert-OH is 1. The Morgan fingerprint density at radius 2 is 1.93 bits per heavy atom. The van der Waals surface area contributed by atoms with Gasteiger partial charge in [0, 0.05) is 19.4 Å². The molecule has 1 heterocycles. The minimum Gasteiger partial charge on any atom is -0.504 e. The molecule has 1 aliphatic heterocycles. The lowest BCUT2D eigenvalue weighted by atomic mass is 9.78. The number of hydrogen-bond acceptors (Lipinski definition) is 9. The first-order valence-corrected chi connectivity index (χ1v) is 9.09. The molecule has 4 atom stereocenters. The van der Waals surface area contributed by atoms with Gasteiger partial charge in [-0.1, -0.05) is 6.07 Å². The van der Waals surface area contributed by atoms with Gasteiger partial charge in [-0.25, -0.2) is 4.79 Å². The molecule has 0 spiro atoms. The topological polar surface area (TPSA) is 132 Å². The van der Waals surface area contributed by atoms with Crippen molar-refractivity contribution in [2.75, 3.05) is 20.8 Å². The number of benzene rings is 1. The zero-order valence-corrected chi connectivity index (χ0v) is 16.5. The van der Waals surface area contributed by atoms with E-state index in [-0.39, 0.29) is 30.1 Å². The Morgan fingerprint density at radius 1 is 1.21 bits per heavy atom. The van der Waals surface area contributed by atoms with Gasteiger partial charge < -0.3 is 34.3 Å². The average molecular weight is 410 g/mol. The number of methoxy groups -OCH3 is 2. The number of ether oxygens (including phenoxy) is 4. The van der Waals surface area contributed by atoms with E-state index in [9.17, 15) is 24.9 Å². The Labute approximate surface area is 168 Å². The van der Waals surface area contributed by atoms with Crippen LogP contribution in [-0.2, 0) is 35.0 Å². The number of carbonyl (C=O) groups excluding carboxylic acids is 2. The maximum atomic E-state index is 12.4. The lowest BCUT2D eigenvalue weighted by Gasteiger charge is -2.37. The normalized spacial score (nSPS) is 22.2. The molecule has 0 saturated carbocycles. The summed E-state index contributed by atoms with van der Waals surface area (Å²) in [4.78, 5) is 24.5. The maximum absolute atomic E-state index is 12.4. The van der Waals surface area contributed by atoms with E-state index in [0.717, 1.165) is 0 Å². The zero-order chi connectivity index (χ0) is 21.6. The highest BCUT2D eigenvalue weighted by atomic mass is 16.6. The molecule has 3 N–H and O–H groups in total. The van der Waals surface area contributed by atoms with E-state index in [0.29, 0.717) is 12.0 Å². The average Bonchev–Trinajstić information content (AvgIpc) is 2.70. The molecule has 2 rings (SSSR count). The summed E-state index contributed by atoms with van der Waals surface area (Å²) in [5, 5.41) is 29.0. The summed E-state index contributed by atoms with van der Waals surface area (Å²) < 4.78 is 20.4. The van der Waals surface area contributed by atoms with Gasteiger partial charge in [-0.15, -0.1) is 0 Å². The van der Waals surface area contributed by atoms with Crippen molar-refractivity contribution in [2.45, 2.75) is 32.2 Å². The van der Waals surface area contributed by atoms with Crippen LogP contribution in [0.25, 0.3) is 0 Å². The first-order valence-electron chi connectivity index (χ1n) is 9.09. The molecule has 0 bridgehead atoms. The van der Waals surface area contributed by atoms with E-state index in [2.05, 4.69) is 0 Å². The minimum absolute atomic E-state index is 0.0383. The number of rotatable bonds is 8. The summed E-state index contributed by atoms with van der Waals surface area (Å²) in [6.07, 6.45) is -0.368. The molecule has 0 radical (unpaired) electrons. The van der Waals surface area contributed by atoms with Gasteiger partial charge in [0.15, 0.2) is 17.8 Å². The molecule has 4 unspecified atom stereocenters. The minimum atomic E-state index is -1.25. The second-order valence-electron chi connectivity index (χ2n) is 6.71. The van der Waals surface area contributed by atoms with Crippen LogP contribution in [0.1, 0.15) is 18.9 Å². The van der Waals surface area contributed by atoms with E-state index in [4.69, 9.17) is 18.9 Å². The van der Waals surface area contributed by atoms with Crippen molar-refractivity contribution in [3.05, 3.63) is 35.6 Å². The van der Waals surface area contributed by atoms with Gasteiger partial charge in [0.05, 0.1) is 37.9 Å². The van der Waals surface area contributed by atoms with Gasteiger partial charge in [-0.05, 0) is 24.6 Å². The summed E-state index contributed by atoms with van der Waals surface area (Å²) in [5.41, 5.74) is 0.794. The van der Waals surface area contributed by atoms with Crippen LogP contribution in [0.4, 0.5) is 0 Å². The van der Waals surface area contributed by atoms with Crippen molar-refractivity contribution < 1.29 is 43.9 Å². The quantitative estimate of drug-likeness (QED) is 0.329. The van der Waals surface area contributed by atoms with Gasteiger partial charge in [0.1, 0.15) is 6.10 Å². The second kappa shape index (κ2) is 10.1. The highest BCUT2D eigenvalue weighted by Gasteiger charge is 2.43. The van der Waals surface area contributed by atoms with Crippen molar-refractivity contribution in [3.63, 3.8) is 0 Å². The molecule has 1 aliphatic rings.